The van der Waals surface area contributed by atoms with Gasteiger partial charge in [0.2, 0.25) is 0 Å². The minimum absolute atomic E-state index is 0.183. The highest BCUT2D eigenvalue weighted by Crippen LogP contribution is 2.35. The lowest BCUT2D eigenvalue weighted by molar-refractivity contribution is -0.122. The van der Waals surface area contributed by atoms with Crippen LogP contribution < -0.4 is 10.1 Å². The number of benzene rings is 3. The molecule has 1 fully saturated rings. The van der Waals surface area contributed by atoms with Crippen molar-refractivity contribution < 1.29 is 18.7 Å². The number of amidine groups is 1. The van der Waals surface area contributed by atoms with Crippen LogP contribution in [-0.4, -0.2) is 34.7 Å². The highest BCUT2D eigenvalue weighted by Gasteiger charge is 2.34. The van der Waals surface area contributed by atoms with Gasteiger partial charge in [-0.05, 0) is 73.2 Å². The number of nitrogens with one attached hydrogen (secondary N) is 1. The minimum Gasteiger partial charge on any atom is -0.483 e. The molecular formula is C34H30N4O4S. The first-order valence-electron chi connectivity index (χ1n) is 13.6. The van der Waals surface area contributed by atoms with Crippen LogP contribution in [-0.2, 0) is 16.1 Å². The van der Waals surface area contributed by atoms with Gasteiger partial charge in [0, 0.05) is 11.3 Å². The normalized spacial score (nSPS) is 15.5. The quantitative estimate of drug-likeness (QED) is 0.120. The Balaban J connectivity index is 1.33. The molecule has 1 aromatic heterocycles. The summed E-state index contributed by atoms with van der Waals surface area (Å²) in [5, 5.41) is 11.9. The van der Waals surface area contributed by atoms with Crippen LogP contribution in [0.4, 0.5) is 5.69 Å². The second-order valence-electron chi connectivity index (χ2n) is 9.75. The number of thioether (sulfide) groups is 1. The van der Waals surface area contributed by atoms with Gasteiger partial charge in [-0.2, -0.15) is 5.10 Å². The first-order chi connectivity index (χ1) is 20.9. The van der Waals surface area contributed by atoms with Crippen molar-refractivity contribution in [1.29, 1.82) is 0 Å². The van der Waals surface area contributed by atoms with Crippen molar-refractivity contribution in [3.8, 4) is 5.75 Å². The van der Waals surface area contributed by atoms with E-state index in [2.05, 4.69) is 15.5 Å². The van der Waals surface area contributed by atoms with Crippen LogP contribution in [0.2, 0.25) is 0 Å². The molecule has 1 aliphatic rings. The van der Waals surface area contributed by atoms with Crippen LogP contribution in [0.5, 0.6) is 5.75 Å². The molecule has 0 saturated carbocycles. The summed E-state index contributed by atoms with van der Waals surface area (Å²) in [7, 11) is 0. The SMILES string of the molecule is CC(/C=N\N=C1\S/C(=C\c2ccccc2OCC(=O)Nc2ccc(C)cc2)C(=O)N1Cc1ccco1)=C\c1ccccc1. The van der Waals surface area contributed by atoms with Gasteiger partial charge in [-0.25, -0.2) is 0 Å². The predicted octanol–water partition coefficient (Wildman–Crippen LogP) is 7.17. The maximum atomic E-state index is 13.5. The molecule has 0 atom stereocenters. The van der Waals surface area contributed by atoms with Crippen LogP contribution >= 0.6 is 11.8 Å². The zero-order valence-electron chi connectivity index (χ0n) is 23.8. The van der Waals surface area contributed by atoms with E-state index in [4.69, 9.17) is 9.15 Å². The van der Waals surface area contributed by atoms with Gasteiger partial charge in [-0.1, -0.05) is 72.3 Å². The molecule has 3 aromatic carbocycles. The van der Waals surface area contributed by atoms with E-state index in [1.165, 1.54) is 16.7 Å². The molecule has 0 aliphatic carbocycles. The van der Waals surface area contributed by atoms with Gasteiger partial charge in [-0.3, -0.25) is 14.5 Å². The second-order valence-corrected chi connectivity index (χ2v) is 10.8. The third-order valence-electron chi connectivity index (χ3n) is 6.28. The average Bonchev–Trinajstić information content (AvgIpc) is 3.63. The maximum Gasteiger partial charge on any atom is 0.267 e. The first kappa shape index (κ1) is 29.3. The summed E-state index contributed by atoms with van der Waals surface area (Å²) < 4.78 is 11.3. The van der Waals surface area contributed by atoms with Crippen molar-refractivity contribution in [1.82, 2.24) is 4.90 Å². The van der Waals surface area contributed by atoms with Crippen molar-refractivity contribution in [3.05, 3.63) is 130 Å². The number of hydrogen-bond donors (Lipinski definition) is 1. The Morgan fingerprint density at radius 3 is 2.53 bits per heavy atom. The number of carbonyl (C=O) groups is 2. The number of hydrogen-bond acceptors (Lipinski definition) is 7. The summed E-state index contributed by atoms with van der Waals surface area (Å²) in [4.78, 5) is 28.0. The molecule has 0 unspecified atom stereocenters. The zero-order chi connectivity index (χ0) is 30.0. The molecule has 0 spiro atoms. The molecular weight excluding hydrogens is 560 g/mol. The summed E-state index contributed by atoms with van der Waals surface area (Å²) >= 11 is 1.21. The monoisotopic (exact) mass is 590 g/mol. The van der Waals surface area contributed by atoms with Crippen LogP contribution in [0.3, 0.4) is 0 Å². The molecule has 216 valence electrons. The maximum absolute atomic E-state index is 13.5. The summed E-state index contributed by atoms with van der Waals surface area (Å²) in [5.74, 6) is 0.574. The van der Waals surface area contributed by atoms with E-state index in [0.717, 1.165) is 16.7 Å². The molecule has 2 heterocycles. The van der Waals surface area contributed by atoms with Gasteiger partial charge in [0.1, 0.15) is 11.5 Å². The number of rotatable bonds is 10. The van der Waals surface area contributed by atoms with Crippen molar-refractivity contribution in [3.63, 3.8) is 0 Å². The number of nitrogens with zero attached hydrogens (tertiary/aromatic N) is 3. The second kappa shape index (κ2) is 14.2. The van der Waals surface area contributed by atoms with Crippen LogP contribution in [0.25, 0.3) is 12.2 Å². The van der Waals surface area contributed by atoms with E-state index in [1.54, 1.807) is 36.8 Å². The van der Waals surface area contributed by atoms with Crippen LogP contribution in [0, 0.1) is 6.92 Å². The van der Waals surface area contributed by atoms with Gasteiger partial charge < -0.3 is 14.5 Å². The molecule has 5 rings (SSSR count). The molecule has 0 bridgehead atoms. The average molecular weight is 591 g/mol. The Kier molecular flexibility index (Phi) is 9.66. The van der Waals surface area contributed by atoms with Gasteiger partial charge in [0.15, 0.2) is 11.8 Å². The largest absolute Gasteiger partial charge is 0.483 e. The number of carbonyl (C=O) groups excluding carboxylic acids is 2. The van der Waals surface area contributed by atoms with Crippen molar-refractivity contribution in [2.45, 2.75) is 20.4 Å². The molecule has 4 aromatic rings. The number of anilines is 1. The number of furan rings is 1. The Morgan fingerprint density at radius 2 is 1.77 bits per heavy atom. The number of allylic oxidation sites excluding steroid dienone is 1. The first-order valence-corrected chi connectivity index (χ1v) is 14.4. The topological polar surface area (TPSA) is 96.5 Å². The predicted molar refractivity (Wildman–Crippen MR) is 173 cm³/mol. The fourth-order valence-corrected chi connectivity index (χ4v) is 5.07. The van der Waals surface area contributed by atoms with Crippen LogP contribution in [0.1, 0.15) is 29.4 Å². The van der Waals surface area contributed by atoms with Gasteiger partial charge in [0.05, 0.1) is 23.9 Å². The summed E-state index contributed by atoms with van der Waals surface area (Å²) in [5.41, 5.74) is 4.43. The molecule has 2 amide bonds. The highest BCUT2D eigenvalue weighted by atomic mass is 32.2. The number of ether oxygens (including phenoxy) is 1. The van der Waals surface area contributed by atoms with Crippen molar-refractivity contribution in [2.75, 3.05) is 11.9 Å². The van der Waals surface area contributed by atoms with Gasteiger partial charge >= 0.3 is 0 Å². The lowest BCUT2D eigenvalue weighted by atomic mass is 10.1. The lowest BCUT2D eigenvalue weighted by Gasteiger charge is -2.12. The lowest BCUT2D eigenvalue weighted by Crippen LogP contribution is -2.28. The molecule has 8 nitrogen and oxygen atoms in total. The van der Waals surface area contributed by atoms with E-state index in [-0.39, 0.29) is 25.0 Å². The smallest absolute Gasteiger partial charge is 0.267 e. The van der Waals surface area contributed by atoms with E-state index >= 15 is 0 Å². The van der Waals surface area contributed by atoms with Gasteiger partial charge in [0.25, 0.3) is 11.8 Å². The molecule has 1 aliphatic heterocycles. The summed E-state index contributed by atoms with van der Waals surface area (Å²) in [6, 6.07) is 28.3. The number of aryl methyl sites for hydroxylation is 1. The summed E-state index contributed by atoms with van der Waals surface area (Å²) in [6.07, 6.45) is 6.96. The third kappa shape index (κ3) is 8.21. The van der Waals surface area contributed by atoms with E-state index in [9.17, 15) is 9.59 Å². The minimum atomic E-state index is -0.286. The zero-order valence-corrected chi connectivity index (χ0v) is 24.6. The number of amides is 2. The van der Waals surface area contributed by atoms with Crippen molar-refractivity contribution in [2.24, 2.45) is 10.2 Å². The highest BCUT2D eigenvalue weighted by molar-refractivity contribution is 8.18. The summed E-state index contributed by atoms with van der Waals surface area (Å²) in [6.45, 7) is 3.95. The Bertz CT molecular complexity index is 1690. The molecule has 43 heavy (non-hydrogen) atoms. The van der Waals surface area contributed by atoms with Crippen molar-refractivity contribution >= 4 is 52.8 Å². The van der Waals surface area contributed by atoms with Crippen LogP contribution in [0.15, 0.2) is 122 Å². The Morgan fingerprint density at radius 1 is 1.00 bits per heavy atom. The number of para-hydroxylation sites is 1. The Hall–Kier alpha value is -5.15. The van der Waals surface area contributed by atoms with Gasteiger partial charge in [-0.15, -0.1) is 5.10 Å². The Labute approximate surface area is 254 Å². The standard InChI is InChI=1S/C34H30N4O4S/c1-24-14-16-28(17-15-24)36-32(39)23-42-30-13-7-6-11-27(30)20-31-33(40)38(22-29-12-8-18-41-29)34(43-31)37-35-21-25(2)19-26-9-4-3-5-10-26/h3-21H,22-23H2,1-2H3,(H,36,39)/b25-19+,31-20-,35-21-,37-34+. The fourth-order valence-electron chi connectivity index (χ4n) is 4.15. The molecule has 1 N–H and O–H groups in total. The van der Waals surface area contributed by atoms with E-state index < -0.39 is 0 Å². The molecule has 9 heteroatoms. The molecule has 0 radical (unpaired) electrons. The van der Waals surface area contributed by atoms with E-state index in [0.29, 0.717) is 32.8 Å². The van der Waals surface area contributed by atoms with E-state index in [1.807, 2.05) is 92.7 Å². The molecule has 1 saturated heterocycles. The third-order valence-corrected chi connectivity index (χ3v) is 7.28. The fraction of sp³-hybridized carbons (Fsp3) is 0.118.